The Kier molecular flexibility index (Phi) is 7.42. The highest BCUT2D eigenvalue weighted by molar-refractivity contribution is 7.89. The Hall–Kier alpha value is -2.04. The summed E-state index contributed by atoms with van der Waals surface area (Å²) >= 11 is 6.09. The number of hydrogen-bond donors (Lipinski definition) is 0. The molecule has 3 heterocycles. The third-order valence-corrected chi connectivity index (χ3v) is 8.38. The van der Waals surface area contributed by atoms with Gasteiger partial charge in [-0.1, -0.05) is 29.8 Å². The molecule has 0 unspecified atom stereocenters. The summed E-state index contributed by atoms with van der Waals surface area (Å²) in [6.07, 6.45) is 1.81. The van der Waals surface area contributed by atoms with Crippen LogP contribution >= 0.6 is 11.6 Å². The zero-order valence-electron chi connectivity index (χ0n) is 17.9. The van der Waals surface area contributed by atoms with E-state index in [4.69, 9.17) is 11.6 Å². The van der Waals surface area contributed by atoms with E-state index < -0.39 is 10.0 Å². The molecule has 1 aromatic heterocycles. The summed E-state index contributed by atoms with van der Waals surface area (Å²) in [6.45, 7) is 5.98. The van der Waals surface area contributed by atoms with Crippen molar-refractivity contribution in [1.82, 2.24) is 24.0 Å². The van der Waals surface area contributed by atoms with E-state index in [2.05, 4.69) is 14.8 Å². The van der Waals surface area contributed by atoms with Gasteiger partial charge < -0.3 is 4.90 Å². The first kappa shape index (κ1) is 23.1. The number of carbonyl (C=O) groups excluding carboxylic acids is 1. The van der Waals surface area contributed by atoms with Crippen molar-refractivity contribution >= 4 is 27.5 Å². The van der Waals surface area contributed by atoms with Crippen LogP contribution in [-0.4, -0.2) is 97.2 Å². The Morgan fingerprint density at radius 1 is 0.875 bits per heavy atom. The van der Waals surface area contributed by atoms with Crippen molar-refractivity contribution in [3.05, 3.63) is 59.4 Å². The van der Waals surface area contributed by atoms with E-state index in [1.807, 2.05) is 24.4 Å². The summed E-state index contributed by atoms with van der Waals surface area (Å²) in [5.74, 6) is 0.0537. The first-order valence-corrected chi connectivity index (χ1v) is 12.6. The summed E-state index contributed by atoms with van der Waals surface area (Å²) in [5, 5.41) is 0.216. The number of carbonyl (C=O) groups is 1. The number of hydrogen-bond acceptors (Lipinski definition) is 6. The van der Waals surface area contributed by atoms with Crippen LogP contribution in [0.15, 0.2) is 53.6 Å². The van der Waals surface area contributed by atoms with Gasteiger partial charge in [-0.25, -0.2) is 8.42 Å². The van der Waals surface area contributed by atoms with Gasteiger partial charge in [-0.05, 0) is 24.3 Å². The Morgan fingerprint density at radius 2 is 1.53 bits per heavy atom. The molecule has 0 spiro atoms. The molecule has 0 atom stereocenters. The number of piperazine rings is 2. The van der Waals surface area contributed by atoms with Gasteiger partial charge in [0.2, 0.25) is 15.9 Å². The van der Waals surface area contributed by atoms with Gasteiger partial charge in [-0.15, -0.1) is 0 Å². The minimum absolute atomic E-state index is 0.0537. The molecular weight excluding hydrogens is 450 g/mol. The summed E-state index contributed by atoms with van der Waals surface area (Å²) in [5.41, 5.74) is 1.06. The van der Waals surface area contributed by atoms with Crippen LogP contribution in [0, 0.1) is 0 Å². The van der Waals surface area contributed by atoms with Crippen molar-refractivity contribution < 1.29 is 13.2 Å². The lowest BCUT2D eigenvalue weighted by atomic mass is 10.2. The van der Waals surface area contributed by atoms with Crippen LogP contribution in [0.5, 0.6) is 0 Å². The standard InChI is InChI=1S/C22H28ClN5O3S/c23-20-6-1-2-7-21(20)32(30,31)28-15-13-27(14-16-28)22(29)18-26-11-9-25(10-12-26)17-19-5-3-4-8-24-19/h1-8H,9-18H2. The summed E-state index contributed by atoms with van der Waals surface area (Å²) in [4.78, 5) is 23.6. The Morgan fingerprint density at radius 3 is 2.19 bits per heavy atom. The molecule has 2 aliphatic rings. The number of sulfonamides is 1. The maximum absolute atomic E-state index is 12.9. The molecule has 32 heavy (non-hydrogen) atoms. The maximum Gasteiger partial charge on any atom is 0.244 e. The Balaban J connectivity index is 1.23. The van der Waals surface area contributed by atoms with Crippen LogP contribution in [0.3, 0.4) is 0 Å². The zero-order chi connectivity index (χ0) is 22.6. The van der Waals surface area contributed by atoms with E-state index in [1.165, 1.54) is 10.4 Å². The summed E-state index contributed by atoms with van der Waals surface area (Å²) in [7, 11) is -3.66. The predicted octanol–water partition coefficient (Wildman–Crippen LogP) is 1.39. The molecule has 2 aliphatic heterocycles. The zero-order valence-corrected chi connectivity index (χ0v) is 19.5. The molecule has 1 aromatic carbocycles. The number of nitrogens with zero attached hydrogens (tertiary/aromatic N) is 5. The minimum Gasteiger partial charge on any atom is -0.339 e. The second-order valence-electron chi connectivity index (χ2n) is 8.09. The molecule has 4 rings (SSSR count). The molecule has 0 radical (unpaired) electrons. The molecule has 2 fully saturated rings. The molecule has 10 heteroatoms. The van der Waals surface area contributed by atoms with Crippen LogP contribution in [0.4, 0.5) is 0 Å². The fraction of sp³-hybridized carbons (Fsp3) is 0.455. The van der Waals surface area contributed by atoms with E-state index >= 15 is 0 Å². The van der Waals surface area contributed by atoms with Crippen LogP contribution < -0.4 is 0 Å². The summed E-state index contributed by atoms with van der Waals surface area (Å²) in [6, 6.07) is 12.4. The van der Waals surface area contributed by atoms with Crippen LogP contribution in [0.25, 0.3) is 0 Å². The van der Waals surface area contributed by atoms with Gasteiger partial charge in [-0.3, -0.25) is 19.6 Å². The first-order chi connectivity index (χ1) is 15.4. The predicted molar refractivity (Wildman–Crippen MR) is 123 cm³/mol. The van der Waals surface area contributed by atoms with Crippen LogP contribution in [0.1, 0.15) is 5.69 Å². The van der Waals surface area contributed by atoms with Crippen molar-refractivity contribution in [2.24, 2.45) is 0 Å². The van der Waals surface area contributed by atoms with E-state index in [0.717, 1.165) is 38.4 Å². The summed E-state index contributed by atoms with van der Waals surface area (Å²) < 4.78 is 27.2. The molecule has 2 saturated heterocycles. The van der Waals surface area contributed by atoms with Gasteiger partial charge in [0.05, 0.1) is 17.3 Å². The number of rotatable bonds is 6. The third-order valence-electron chi connectivity index (χ3n) is 5.98. The number of benzene rings is 1. The van der Waals surface area contributed by atoms with E-state index in [-0.39, 0.29) is 28.9 Å². The SMILES string of the molecule is O=C(CN1CCN(Cc2ccccn2)CC1)N1CCN(S(=O)(=O)c2ccccc2Cl)CC1. The second kappa shape index (κ2) is 10.3. The highest BCUT2D eigenvalue weighted by Gasteiger charge is 2.32. The maximum atomic E-state index is 12.9. The van der Waals surface area contributed by atoms with Crippen molar-refractivity contribution in [2.75, 3.05) is 58.9 Å². The number of aromatic nitrogens is 1. The van der Waals surface area contributed by atoms with Gasteiger partial charge in [-0.2, -0.15) is 4.31 Å². The normalized spacial score (nSPS) is 19.2. The second-order valence-corrected chi connectivity index (χ2v) is 10.4. The number of halogens is 1. The van der Waals surface area contributed by atoms with Crippen LogP contribution in [-0.2, 0) is 21.4 Å². The van der Waals surface area contributed by atoms with Crippen molar-refractivity contribution in [3.63, 3.8) is 0 Å². The monoisotopic (exact) mass is 477 g/mol. The molecular formula is C22H28ClN5O3S. The van der Waals surface area contributed by atoms with Crippen molar-refractivity contribution in [1.29, 1.82) is 0 Å². The molecule has 2 aromatic rings. The largest absolute Gasteiger partial charge is 0.339 e. The molecule has 0 aliphatic carbocycles. The quantitative estimate of drug-likeness (QED) is 0.625. The fourth-order valence-electron chi connectivity index (χ4n) is 4.09. The number of pyridine rings is 1. The smallest absolute Gasteiger partial charge is 0.244 e. The van der Waals surface area contributed by atoms with E-state index in [0.29, 0.717) is 19.6 Å². The average molecular weight is 478 g/mol. The highest BCUT2D eigenvalue weighted by atomic mass is 35.5. The minimum atomic E-state index is -3.66. The van der Waals surface area contributed by atoms with Crippen molar-refractivity contribution in [3.8, 4) is 0 Å². The first-order valence-electron chi connectivity index (χ1n) is 10.8. The molecule has 0 bridgehead atoms. The topological polar surface area (TPSA) is 77.1 Å². The lowest BCUT2D eigenvalue weighted by Gasteiger charge is -2.37. The average Bonchev–Trinajstić information content (AvgIpc) is 2.81. The van der Waals surface area contributed by atoms with Gasteiger partial charge >= 0.3 is 0 Å². The Labute approximate surface area is 194 Å². The van der Waals surface area contributed by atoms with E-state index in [9.17, 15) is 13.2 Å². The molecule has 172 valence electrons. The van der Waals surface area contributed by atoms with E-state index in [1.54, 1.807) is 23.1 Å². The van der Waals surface area contributed by atoms with Crippen molar-refractivity contribution in [2.45, 2.75) is 11.4 Å². The van der Waals surface area contributed by atoms with Gasteiger partial charge in [0.25, 0.3) is 0 Å². The lowest BCUT2D eigenvalue weighted by Crippen LogP contribution is -2.54. The molecule has 1 amide bonds. The molecule has 0 saturated carbocycles. The fourth-order valence-corrected chi connectivity index (χ4v) is 6.00. The van der Waals surface area contributed by atoms with Gasteiger partial charge in [0, 0.05) is 65.1 Å². The highest BCUT2D eigenvalue weighted by Crippen LogP contribution is 2.25. The Bertz CT molecular complexity index is 1020. The van der Waals surface area contributed by atoms with Crippen LogP contribution in [0.2, 0.25) is 5.02 Å². The molecule has 8 nitrogen and oxygen atoms in total. The lowest BCUT2D eigenvalue weighted by molar-refractivity contribution is -0.134. The number of amides is 1. The van der Waals surface area contributed by atoms with Gasteiger partial charge in [0.1, 0.15) is 4.90 Å². The third kappa shape index (κ3) is 5.47. The van der Waals surface area contributed by atoms with Gasteiger partial charge in [0.15, 0.2) is 0 Å². The molecule has 0 N–H and O–H groups in total.